The number of nitrogens with one attached hydrogen (secondary N) is 2. The number of carbonyl (C=O) groups excluding carboxylic acids is 1. The zero-order chi connectivity index (χ0) is 13.0. The second kappa shape index (κ2) is 5.40. The second-order valence-corrected chi connectivity index (χ2v) is 4.11. The van der Waals surface area contributed by atoms with Gasteiger partial charge in [-0.05, 0) is 36.8 Å². The molecule has 1 heterocycles. The lowest BCUT2D eigenvalue weighted by atomic mass is 10.2. The lowest BCUT2D eigenvalue weighted by molar-refractivity contribution is 0.0594. The molecule has 0 aliphatic carbocycles. The van der Waals surface area contributed by atoms with Gasteiger partial charge in [-0.2, -0.15) is 0 Å². The summed E-state index contributed by atoms with van der Waals surface area (Å²) in [7, 11) is 1.37. The van der Waals surface area contributed by atoms with Gasteiger partial charge in [-0.15, -0.1) is 0 Å². The number of aromatic nitrogens is 1. The molecular weight excluding hydrogens is 228 g/mol. The minimum Gasteiger partial charge on any atom is -0.464 e. The number of benzene rings is 1. The number of aromatic amines is 1. The number of aryl methyl sites for hydroxylation is 1. The number of H-pyrrole nitrogens is 1. The molecule has 1 aromatic carbocycles. The molecule has 0 bridgehead atoms. The lowest BCUT2D eigenvalue weighted by Crippen LogP contribution is -2.03. The molecule has 2 rings (SSSR count). The summed E-state index contributed by atoms with van der Waals surface area (Å²) in [6, 6.07) is 11.7. The van der Waals surface area contributed by atoms with Gasteiger partial charge in [0.05, 0.1) is 13.7 Å². The molecule has 0 fully saturated rings. The van der Waals surface area contributed by atoms with E-state index in [0.717, 1.165) is 11.4 Å². The van der Waals surface area contributed by atoms with Crippen molar-refractivity contribution in [2.45, 2.75) is 13.5 Å². The van der Waals surface area contributed by atoms with Crippen LogP contribution in [0, 0.1) is 6.92 Å². The highest BCUT2D eigenvalue weighted by molar-refractivity contribution is 5.87. The van der Waals surface area contributed by atoms with Gasteiger partial charge in [-0.1, -0.05) is 12.1 Å². The third kappa shape index (κ3) is 2.91. The third-order valence-electron chi connectivity index (χ3n) is 2.65. The van der Waals surface area contributed by atoms with E-state index in [1.54, 1.807) is 6.07 Å². The van der Waals surface area contributed by atoms with Crippen LogP contribution in [0.4, 0.5) is 5.69 Å². The molecule has 0 spiro atoms. The van der Waals surface area contributed by atoms with Crippen LogP contribution in [-0.2, 0) is 11.3 Å². The van der Waals surface area contributed by atoms with Crippen molar-refractivity contribution in [1.82, 2.24) is 4.98 Å². The maximum absolute atomic E-state index is 11.3. The Morgan fingerprint density at radius 2 is 2.17 bits per heavy atom. The Morgan fingerprint density at radius 1 is 1.33 bits per heavy atom. The Morgan fingerprint density at radius 3 is 2.89 bits per heavy atom. The molecule has 2 aromatic rings. The highest BCUT2D eigenvalue weighted by Crippen LogP contribution is 2.11. The van der Waals surface area contributed by atoms with E-state index in [0.29, 0.717) is 12.2 Å². The Balaban J connectivity index is 1.98. The molecule has 0 aliphatic heterocycles. The normalized spacial score (nSPS) is 10.1. The fourth-order valence-corrected chi connectivity index (χ4v) is 1.72. The van der Waals surface area contributed by atoms with Crippen LogP contribution in [0.15, 0.2) is 36.4 Å². The van der Waals surface area contributed by atoms with Crippen molar-refractivity contribution in [1.29, 1.82) is 0 Å². The number of hydrogen-bond acceptors (Lipinski definition) is 3. The Labute approximate surface area is 106 Å². The van der Waals surface area contributed by atoms with Gasteiger partial charge in [-0.25, -0.2) is 4.79 Å². The summed E-state index contributed by atoms with van der Waals surface area (Å²) in [6.07, 6.45) is 0. The van der Waals surface area contributed by atoms with Gasteiger partial charge in [-0.3, -0.25) is 0 Å². The molecule has 0 saturated heterocycles. The van der Waals surface area contributed by atoms with Crippen LogP contribution < -0.4 is 5.32 Å². The van der Waals surface area contributed by atoms with Crippen LogP contribution in [0.3, 0.4) is 0 Å². The first-order valence-electron chi connectivity index (χ1n) is 5.76. The topological polar surface area (TPSA) is 54.1 Å². The highest BCUT2D eigenvalue weighted by Gasteiger charge is 2.07. The summed E-state index contributed by atoms with van der Waals surface area (Å²) < 4.78 is 4.64. The molecule has 0 radical (unpaired) electrons. The minimum absolute atomic E-state index is 0.350. The van der Waals surface area contributed by atoms with Gasteiger partial charge in [0.25, 0.3) is 0 Å². The number of ether oxygens (including phenoxy) is 1. The van der Waals surface area contributed by atoms with E-state index in [1.807, 2.05) is 18.2 Å². The first-order chi connectivity index (χ1) is 8.69. The number of rotatable bonds is 4. The molecule has 0 atom stereocenters. The molecule has 2 N–H and O–H groups in total. The SMILES string of the molecule is COC(=O)c1ccc(CNc2cccc(C)c2)[nH]1. The van der Waals surface area contributed by atoms with E-state index < -0.39 is 0 Å². The van der Waals surface area contributed by atoms with Crippen molar-refractivity contribution >= 4 is 11.7 Å². The Hall–Kier alpha value is -2.23. The Kier molecular flexibility index (Phi) is 3.67. The minimum atomic E-state index is -0.350. The van der Waals surface area contributed by atoms with E-state index in [9.17, 15) is 4.79 Å². The van der Waals surface area contributed by atoms with Crippen LogP contribution in [0.25, 0.3) is 0 Å². The Bertz CT molecular complexity index is 546. The third-order valence-corrected chi connectivity index (χ3v) is 2.65. The average Bonchev–Trinajstić information content (AvgIpc) is 2.84. The number of anilines is 1. The summed E-state index contributed by atoms with van der Waals surface area (Å²) in [6.45, 7) is 2.69. The molecular formula is C14H16N2O2. The van der Waals surface area contributed by atoms with E-state index >= 15 is 0 Å². The maximum atomic E-state index is 11.3. The van der Waals surface area contributed by atoms with E-state index in [1.165, 1.54) is 12.7 Å². The first kappa shape index (κ1) is 12.2. The highest BCUT2D eigenvalue weighted by atomic mass is 16.5. The standard InChI is InChI=1S/C14H16N2O2/c1-10-4-3-5-11(8-10)15-9-12-6-7-13(16-12)14(17)18-2/h3-8,15-16H,9H2,1-2H3. The van der Waals surface area contributed by atoms with E-state index in [-0.39, 0.29) is 5.97 Å². The summed E-state index contributed by atoms with van der Waals surface area (Å²) >= 11 is 0. The maximum Gasteiger partial charge on any atom is 0.354 e. The van der Waals surface area contributed by atoms with Crippen LogP contribution >= 0.6 is 0 Å². The summed E-state index contributed by atoms with van der Waals surface area (Å²) in [4.78, 5) is 14.3. The summed E-state index contributed by atoms with van der Waals surface area (Å²) in [5.41, 5.74) is 3.68. The van der Waals surface area contributed by atoms with E-state index in [2.05, 4.69) is 34.1 Å². The predicted octanol–water partition coefficient (Wildman–Crippen LogP) is 2.72. The van der Waals surface area contributed by atoms with Gasteiger partial charge < -0.3 is 15.0 Å². The van der Waals surface area contributed by atoms with Crippen molar-refractivity contribution in [3.63, 3.8) is 0 Å². The van der Waals surface area contributed by atoms with Crippen LogP contribution in [0.1, 0.15) is 21.7 Å². The molecule has 0 amide bonds. The van der Waals surface area contributed by atoms with Crippen LogP contribution in [0.2, 0.25) is 0 Å². The second-order valence-electron chi connectivity index (χ2n) is 4.11. The summed E-state index contributed by atoms with van der Waals surface area (Å²) in [5, 5.41) is 3.29. The van der Waals surface area contributed by atoms with Crippen molar-refractivity contribution in [2.24, 2.45) is 0 Å². The average molecular weight is 244 g/mol. The fraction of sp³-hybridized carbons (Fsp3) is 0.214. The predicted molar refractivity (Wildman–Crippen MR) is 70.6 cm³/mol. The monoisotopic (exact) mass is 244 g/mol. The van der Waals surface area contributed by atoms with Crippen molar-refractivity contribution in [3.05, 3.63) is 53.3 Å². The number of carbonyl (C=O) groups is 1. The van der Waals surface area contributed by atoms with Gasteiger partial charge >= 0.3 is 5.97 Å². The van der Waals surface area contributed by atoms with Gasteiger partial charge in [0.2, 0.25) is 0 Å². The molecule has 0 saturated carbocycles. The quantitative estimate of drug-likeness (QED) is 0.813. The number of methoxy groups -OCH3 is 1. The first-order valence-corrected chi connectivity index (χ1v) is 5.76. The van der Waals surface area contributed by atoms with Gasteiger partial charge in [0.1, 0.15) is 5.69 Å². The van der Waals surface area contributed by atoms with Gasteiger partial charge in [0.15, 0.2) is 0 Å². The van der Waals surface area contributed by atoms with Crippen molar-refractivity contribution in [2.75, 3.05) is 12.4 Å². The van der Waals surface area contributed by atoms with Crippen molar-refractivity contribution in [3.8, 4) is 0 Å². The molecule has 18 heavy (non-hydrogen) atoms. The van der Waals surface area contributed by atoms with Crippen LogP contribution in [-0.4, -0.2) is 18.1 Å². The largest absolute Gasteiger partial charge is 0.464 e. The fourth-order valence-electron chi connectivity index (χ4n) is 1.72. The molecule has 94 valence electrons. The molecule has 0 unspecified atom stereocenters. The smallest absolute Gasteiger partial charge is 0.354 e. The number of esters is 1. The van der Waals surface area contributed by atoms with Crippen molar-refractivity contribution < 1.29 is 9.53 Å². The van der Waals surface area contributed by atoms with Crippen LogP contribution in [0.5, 0.6) is 0 Å². The zero-order valence-corrected chi connectivity index (χ0v) is 10.5. The molecule has 0 aliphatic rings. The lowest BCUT2D eigenvalue weighted by Gasteiger charge is -2.05. The summed E-state index contributed by atoms with van der Waals surface area (Å²) in [5.74, 6) is -0.350. The molecule has 4 heteroatoms. The molecule has 1 aromatic heterocycles. The zero-order valence-electron chi connectivity index (χ0n) is 10.5. The van der Waals surface area contributed by atoms with E-state index in [4.69, 9.17) is 0 Å². The molecule has 4 nitrogen and oxygen atoms in total. The number of hydrogen-bond donors (Lipinski definition) is 2. The van der Waals surface area contributed by atoms with Gasteiger partial charge in [0, 0.05) is 11.4 Å².